The first kappa shape index (κ1) is 12.8. The fourth-order valence-electron chi connectivity index (χ4n) is 2.58. The van der Waals surface area contributed by atoms with Gasteiger partial charge in [0.1, 0.15) is 11.9 Å². The molecule has 1 aliphatic carbocycles. The highest BCUT2D eigenvalue weighted by Gasteiger charge is 2.22. The van der Waals surface area contributed by atoms with E-state index in [-0.39, 0.29) is 6.10 Å². The zero-order valence-electron chi connectivity index (χ0n) is 10.9. The second kappa shape index (κ2) is 5.36. The predicted molar refractivity (Wildman–Crippen MR) is 70.3 cm³/mol. The molecule has 1 fully saturated rings. The molecule has 0 spiro atoms. The summed E-state index contributed by atoms with van der Waals surface area (Å²) < 4.78 is 0. The summed E-state index contributed by atoms with van der Waals surface area (Å²) in [7, 11) is 0. The third-order valence-electron chi connectivity index (χ3n) is 3.53. The molecule has 0 radical (unpaired) electrons. The quantitative estimate of drug-likeness (QED) is 0.856. The van der Waals surface area contributed by atoms with Gasteiger partial charge in [-0.25, -0.2) is 4.98 Å². The van der Waals surface area contributed by atoms with E-state index in [0.29, 0.717) is 17.3 Å². The second-order valence-electron chi connectivity index (χ2n) is 5.13. The van der Waals surface area contributed by atoms with Crippen molar-refractivity contribution in [1.29, 1.82) is 5.26 Å². The van der Waals surface area contributed by atoms with E-state index in [1.807, 2.05) is 19.9 Å². The lowest BCUT2D eigenvalue weighted by molar-refractivity contribution is 0.178. The van der Waals surface area contributed by atoms with Crippen molar-refractivity contribution in [2.75, 3.05) is 11.9 Å². The lowest BCUT2D eigenvalue weighted by atomic mass is 10.1. The van der Waals surface area contributed by atoms with E-state index in [4.69, 9.17) is 5.26 Å². The van der Waals surface area contributed by atoms with Gasteiger partial charge in [-0.15, -0.1) is 0 Å². The average molecular weight is 245 g/mol. The molecule has 4 heteroatoms. The molecule has 18 heavy (non-hydrogen) atoms. The Morgan fingerprint density at radius 1 is 1.50 bits per heavy atom. The number of nitriles is 1. The zero-order chi connectivity index (χ0) is 13.1. The van der Waals surface area contributed by atoms with Crippen LogP contribution >= 0.6 is 0 Å². The smallest absolute Gasteiger partial charge is 0.144 e. The van der Waals surface area contributed by atoms with Crippen LogP contribution in [0.5, 0.6) is 0 Å². The van der Waals surface area contributed by atoms with Gasteiger partial charge in [0.25, 0.3) is 0 Å². The third-order valence-corrected chi connectivity index (χ3v) is 3.53. The van der Waals surface area contributed by atoms with Crippen LogP contribution in [-0.2, 0) is 0 Å². The highest BCUT2D eigenvalue weighted by atomic mass is 16.3. The summed E-state index contributed by atoms with van der Waals surface area (Å²) in [6.45, 7) is 4.64. The Kier molecular flexibility index (Phi) is 3.83. The van der Waals surface area contributed by atoms with Crippen LogP contribution in [0.25, 0.3) is 0 Å². The maximum atomic E-state index is 9.49. The molecule has 1 aromatic rings. The molecule has 1 aromatic heterocycles. The van der Waals surface area contributed by atoms with Crippen molar-refractivity contribution in [3.05, 3.63) is 22.9 Å². The lowest BCUT2D eigenvalue weighted by Gasteiger charge is -2.14. The molecule has 0 bridgehead atoms. The van der Waals surface area contributed by atoms with Crippen LogP contribution < -0.4 is 5.32 Å². The molecule has 2 atom stereocenters. The first-order valence-electron chi connectivity index (χ1n) is 6.40. The number of rotatable bonds is 3. The molecule has 96 valence electrons. The average Bonchev–Trinajstić information content (AvgIpc) is 2.72. The molecular formula is C14H19N3O. The maximum Gasteiger partial charge on any atom is 0.144 e. The van der Waals surface area contributed by atoms with E-state index in [1.54, 1.807) is 0 Å². The normalized spacial score (nSPS) is 22.8. The Balaban J connectivity index is 2.07. The maximum absolute atomic E-state index is 9.49. The van der Waals surface area contributed by atoms with Crippen LogP contribution in [0.3, 0.4) is 0 Å². The van der Waals surface area contributed by atoms with Gasteiger partial charge in [0, 0.05) is 12.2 Å². The van der Waals surface area contributed by atoms with Gasteiger partial charge in [-0.05, 0) is 50.7 Å². The van der Waals surface area contributed by atoms with Gasteiger partial charge < -0.3 is 10.4 Å². The third kappa shape index (κ3) is 2.80. The van der Waals surface area contributed by atoms with E-state index < -0.39 is 0 Å². The molecule has 0 amide bonds. The van der Waals surface area contributed by atoms with Gasteiger partial charge in [0.2, 0.25) is 0 Å². The Bertz CT molecular complexity index is 479. The van der Waals surface area contributed by atoms with Gasteiger partial charge in [-0.1, -0.05) is 0 Å². The number of nitrogens with one attached hydrogen (secondary N) is 1. The molecule has 0 aromatic carbocycles. The molecule has 2 unspecified atom stereocenters. The van der Waals surface area contributed by atoms with Crippen molar-refractivity contribution in [2.24, 2.45) is 5.92 Å². The van der Waals surface area contributed by atoms with Crippen LogP contribution in [-0.4, -0.2) is 22.7 Å². The monoisotopic (exact) mass is 245 g/mol. The van der Waals surface area contributed by atoms with Crippen molar-refractivity contribution >= 4 is 5.82 Å². The van der Waals surface area contributed by atoms with E-state index >= 15 is 0 Å². The fraction of sp³-hybridized carbons (Fsp3) is 0.571. The fourth-order valence-corrected chi connectivity index (χ4v) is 2.58. The van der Waals surface area contributed by atoms with E-state index in [1.165, 1.54) is 0 Å². The Hall–Kier alpha value is -1.60. The van der Waals surface area contributed by atoms with Gasteiger partial charge >= 0.3 is 0 Å². The van der Waals surface area contributed by atoms with Crippen LogP contribution in [0.15, 0.2) is 6.07 Å². The molecular weight excluding hydrogens is 226 g/mol. The molecule has 1 aliphatic rings. The standard InChI is InChI=1S/C14H19N3O/c1-9-5-10(2)17-14(13(9)7-15)16-8-11-3-4-12(18)6-11/h5,11-12,18H,3-4,6,8H2,1-2H3,(H,16,17). The summed E-state index contributed by atoms with van der Waals surface area (Å²) in [6.07, 6.45) is 2.62. The summed E-state index contributed by atoms with van der Waals surface area (Å²) >= 11 is 0. The van der Waals surface area contributed by atoms with Gasteiger partial charge in [-0.2, -0.15) is 5.26 Å². The molecule has 1 heterocycles. The number of aryl methyl sites for hydroxylation is 2. The number of aliphatic hydroxyl groups is 1. The van der Waals surface area contributed by atoms with E-state index in [9.17, 15) is 5.11 Å². The Morgan fingerprint density at radius 3 is 2.89 bits per heavy atom. The van der Waals surface area contributed by atoms with Crippen molar-refractivity contribution in [3.63, 3.8) is 0 Å². The molecule has 0 aliphatic heterocycles. The summed E-state index contributed by atoms with van der Waals surface area (Å²) in [5.74, 6) is 1.16. The largest absolute Gasteiger partial charge is 0.393 e. The summed E-state index contributed by atoms with van der Waals surface area (Å²) in [5.41, 5.74) is 2.50. The van der Waals surface area contributed by atoms with Crippen LogP contribution in [0.4, 0.5) is 5.82 Å². The summed E-state index contributed by atoms with van der Waals surface area (Å²) in [6, 6.07) is 4.12. The molecule has 1 saturated carbocycles. The van der Waals surface area contributed by atoms with Crippen LogP contribution in [0, 0.1) is 31.1 Å². The summed E-state index contributed by atoms with van der Waals surface area (Å²) in [4.78, 5) is 4.39. The molecule has 0 saturated heterocycles. The minimum Gasteiger partial charge on any atom is -0.393 e. The number of hydrogen-bond acceptors (Lipinski definition) is 4. The van der Waals surface area contributed by atoms with Crippen molar-refractivity contribution in [3.8, 4) is 6.07 Å². The highest BCUT2D eigenvalue weighted by molar-refractivity contribution is 5.56. The van der Waals surface area contributed by atoms with E-state index in [2.05, 4.69) is 16.4 Å². The second-order valence-corrected chi connectivity index (χ2v) is 5.13. The number of aromatic nitrogens is 1. The van der Waals surface area contributed by atoms with Crippen LogP contribution in [0.1, 0.15) is 36.1 Å². The molecule has 4 nitrogen and oxygen atoms in total. The predicted octanol–water partition coefficient (Wildman–Crippen LogP) is 2.14. The van der Waals surface area contributed by atoms with Gasteiger partial charge in [0.15, 0.2) is 0 Å². The lowest BCUT2D eigenvalue weighted by Crippen LogP contribution is -2.15. The molecule has 2 rings (SSSR count). The summed E-state index contributed by atoms with van der Waals surface area (Å²) in [5, 5.41) is 21.9. The van der Waals surface area contributed by atoms with E-state index in [0.717, 1.165) is 37.1 Å². The van der Waals surface area contributed by atoms with Crippen LogP contribution in [0.2, 0.25) is 0 Å². The van der Waals surface area contributed by atoms with Crippen molar-refractivity contribution in [2.45, 2.75) is 39.2 Å². The number of nitrogens with zero attached hydrogens (tertiary/aromatic N) is 2. The SMILES string of the molecule is Cc1cc(C)c(C#N)c(NCC2CCC(O)C2)n1. The number of anilines is 1. The minimum atomic E-state index is -0.153. The zero-order valence-corrected chi connectivity index (χ0v) is 10.9. The van der Waals surface area contributed by atoms with Gasteiger partial charge in [-0.3, -0.25) is 0 Å². The van der Waals surface area contributed by atoms with Crippen molar-refractivity contribution < 1.29 is 5.11 Å². The Morgan fingerprint density at radius 2 is 2.28 bits per heavy atom. The van der Waals surface area contributed by atoms with Gasteiger partial charge in [0.05, 0.1) is 11.7 Å². The minimum absolute atomic E-state index is 0.153. The number of aliphatic hydroxyl groups excluding tert-OH is 1. The Labute approximate surface area is 108 Å². The first-order chi connectivity index (χ1) is 8.60. The number of pyridine rings is 1. The highest BCUT2D eigenvalue weighted by Crippen LogP contribution is 2.26. The first-order valence-corrected chi connectivity index (χ1v) is 6.40. The topological polar surface area (TPSA) is 68.9 Å². The number of hydrogen-bond donors (Lipinski definition) is 2. The molecule has 2 N–H and O–H groups in total. The van der Waals surface area contributed by atoms with Crippen molar-refractivity contribution in [1.82, 2.24) is 4.98 Å².